The van der Waals surface area contributed by atoms with Crippen LogP contribution in [0.3, 0.4) is 0 Å². The molecule has 2 nitrogen and oxygen atoms in total. The molecule has 56 heavy (non-hydrogen) atoms. The predicted octanol–water partition coefficient (Wildman–Crippen LogP) is 15.7. The fourth-order valence-electron chi connectivity index (χ4n) is 9.71. The Bertz CT molecular complexity index is 3760. The Hall–Kier alpha value is -7.42. The van der Waals surface area contributed by atoms with Gasteiger partial charge in [0.2, 0.25) is 0 Å². The van der Waals surface area contributed by atoms with E-state index in [-0.39, 0.29) is 0 Å². The van der Waals surface area contributed by atoms with Crippen molar-refractivity contribution < 1.29 is 8.83 Å². The van der Waals surface area contributed by atoms with Gasteiger partial charge in [0.05, 0.1) is 0 Å². The van der Waals surface area contributed by atoms with Crippen molar-refractivity contribution in [3.8, 4) is 33.4 Å². The van der Waals surface area contributed by atoms with Crippen molar-refractivity contribution in [3.63, 3.8) is 0 Å². The van der Waals surface area contributed by atoms with Crippen LogP contribution < -0.4 is 0 Å². The Balaban J connectivity index is 1.13. The Labute approximate surface area is 320 Å². The van der Waals surface area contributed by atoms with E-state index in [0.717, 1.165) is 49.4 Å². The molecule has 2 heterocycles. The second kappa shape index (κ2) is 11.1. The van der Waals surface area contributed by atoms with Crippen LogP contribution in [-0.4, -0.2) is 0 Å². The molecule has 0 bridgehead atoms. The highest BCUT2D eigenvalue weighted by molar-refractivity contribution is 6.30. The van der Waals surface area contributed by atoms with Gasteiger partial charge in [0.1, 0.15) is 22.3 Å². The summed E-state index contributed by atoms with van der Waals surface area (Å²) in [4.78, 5) is 0. The van der Waals surface area contributed by atoms with E-state index in [4.69, 9.17) is 8.83 Å². The second-order valence-electron chi connectivity index (χ2n) is 15.1. The summed E-state index contributed by atoms with van der Waals surface area (Å²) in [6.07, 6.45) is 0. The molecular weight excluding hydrogens is 681 g/mol. The van der Waals surface area contributed by atoms with Gasteiger partial charge in [-0.2, -0.15) is 0 Å². The molecule has 0 aliphatic heterocycles. The third-order valence-electron chi connectivity index (χ3n) is 12.2. The number of benzene rings is 11. The molecule has 0 saturated carbocycles. The van der Waals surface area contributed by atoms with Gasteiger partial charge in [0.15, 0.2) is 0 Å². The fraction of sp³-hybridized carbons (Fsp3) is 0. The Kier molecular flexibility index (Phi) is 5.92. The van der Waals surface area contributed by atoms with Gasteiger partial charge in [0.25, 0.3) is 0 Å². The summed E-state index contributed by atoms with van der Waals surface area (Å²) < 4.78 is 13.2. The van der Waals surface area contributed by atoms with E-state index in [2.05, 4.69) is 176 Å². The number of hydrogen-bond donors (Lipinski definition) is 0. The van der Waals surface area contributed by atoms with Crippen molar-refractivity contribution >= 4 is 97.7 Å². The van der Waals surface area contributed by atoms with Gasteiger partial charge in [-0.1, -0.05) is 146 Å². The molecule has 258 valence electrons. The maximum Gasteiger partial charge on any atom is 0.136 e. The van der Waals surface area contributed by atoms with E-state index in [1.54, 1.807) is 0 Å². The van der Waals surface area contributed by atoms with Crippen LogP contribution in [0.4, 0.5) is 0 Å². The normalized spacial score (nSPS) is 12.3. The summed E-state index contributed by atoms with van der Waals surface area (Å²) in [5.74, 6) is 0. The van der Waals surface area contributed by atoms with Crippen LogP contribution in [0.5, 0.6) is 0 Å². The first-order valence-electron chi connectivity index (χ1n) is 19.2. The Morgan fingerprint density at radius 1 is 0.232 bits per heavy atom. The molecule has 0 N–H and O–H groups in total. The molecule has 13 aromatic rings. The van der Waals surface area contributed by atoms with Crippen LogP contribution >= 0.6 is 0 Å². The van der Waals surface area contributed by atoms with Crippen LogP contribution in [0, 0.1) is 0 Å². The number of rotatable bonds is 3. The molecule has 2 heteroatoms. The maximum absolute atomic E-state index is 6.84. The number of furan rings is 2. The third kappa shape index (κ3) is 4.10. The van der Waals surface area contributed by atoms with Gasteiger partial charge in [-0.05, 0) is 124 Å². The van der Waals surface area contributed by atoms with Gasteiger partial charge in [-0.15, -0.1) is 0 Å². The lowest BCUT2D eigenvalue weighted by molar-refractivity contribution is 0.669. The minimum absolute atomic E-state index is 0.893. The van der Waals surface area contributed by atoms with E-state index in [1.165, 1.54) is 81.7 Å². The zero-order valence-corrected chi connectivity index (χ0v) is 30.1. The average molecular weight is 711 g/mol. The molecule has 2 aromatic heterocycles. The first-order valence-corrected chi connectivity index (χ1v) is 19.2. The van der Waals surface area contributed by atoms with Crippen LogP contribution in [0.2, 0.25) is 0 Å². The fourth-order valence-corrected chi connectivity index (χ4v) is 9.71. The van der Waals surface area contributed by atoms with Crippen LogP contribution in [0.25, 0.3) is 131 Å². The quantitative estimate of drug-likeness (QED) is 0.171. The van der Waals surface area contributed by atoms with E-state index >= 15 is 0 Å². The summed E-state index contributed by atoms with van der Waals surface area (Å²) in [5.41, 5.74) is 10.7. The van der Waals surface area contributed by atoms with Gasteiger partial charge >= 0.3 is 0 Å². The smallest absolute Gasteiger partial charge is 0.136 e. The van der Waals surface area contributed by atoms with Crippen molar-refractivity contribution in [2.24, 2.45) is 0 Å². The zero-order valence-electron chi connectivity index (χ0n) is 30.1. The Morgan fingerprint density at radius 2 is 0.804 bits per heavy atom. The van der Waals surface area contributed by atoms with Crippen molar-refractivity contribution in [1.82, 2.24) is 0 Å². The van der Waals surface area contributed by atoms with Crippen molar-refractivity contribution in [2.75, 3.05) is 0 Å². The Morgan fingerprint density at radius 3 is 1.61 bits per heavy atom. The summed E-state index contributed by atoms with van der Waals surface area (Å²) in [6.45, 7) is 0. The van der Waals surface area contributed by atoms with E-state index in [0.29, 0.717) is 0 Å². The molecule has 0 fully saturated rings. The molecular formula is C54H30O2. The van der Waals surface area contributed by atoms with Crippen molar-refractivity contribution in [2.45, 2.75) is 0 Å². The zero-order chi connectivity index (χ0) is 36.5. The summed E-state index contributed by atoms with van der Waals surface area (Å²) >= 11 is 0. The van der Waals surface area contributed by atoms with Crippen molar-refractivity contribution in [3.05, 3.63) is 182 Å². The summed E-state index contributed by atoms with van der Waals surface area (Å²) in [7, 11) is 0. The monoisotopic (exact) mass is 710 g/mol. The molecule has 0 unspecified atom stereocenters. The van der Waals surface area contributed by atoms with E-state index in [1.807, 2.05) is 6.07 Å². The molecule has 0 spiro atoms. The highest BCUT2D eigenvalue weighted by Gasteiger charge is 2.21. The minimum Gasteiger partial charge on any atom is -0.456 e. The largest absolute Gasteiger partial charge is 0.456 e. The lowest BCUT2D eigenvalue weighted by Gasteiger charge is -2.18. The van der Waals surface area contributed by atoms with Crippen LogP contribution in [0.15, 0.2) is 191 Å². The topological polar surface area (TPSA) is 26.3 Å². The molecule has 0 saturated heterocycles. The first kappa shape index (κ1) is 30.0. The van der Waals surface area contributed by atoms with Gasteiger partial charge in [-0.3, -0.25) is 0 Å². The first-order chi connectivity index (χ1) is 27.7. The molecule has 0 aliphatic rings. The van der Waals surface area contributed by atoms with Crippen LogP contribution in [-0.2, 0) is 0 Å². The second-order valence-corrected chi connectivity index (χ2v) is 15.1. The molecule has 11 aromatic carbocycles. The minimum atomic E-state index is 0.893. The van der Waals surface area contributed by atoms with Crippen LogP contribution in [0.1, 0.15) is 0 Å². The molecule has 0 amide bonds. The lowest BCUT2D eigenvalue weighted by Crippen LogP contribution is -1.91. The standard InChI is InChI=1S/C54H30O2/c1-2-11-35-29-49-46(27-34(35)10-1)54-45(28-36(30-50(54)56-49)38-15-7-12-31-9-3-4-13-37(31)38)40-24-20-33-21-25-42-39(23-19-32-22-26-43(40)52(33)51(32)42)41-16-8-18-48-53(41)44-14-5-6-17-47(44)55-48/h1-30H. The van der Waals surface area contributed by atoms with E-state index < -0.39 is 0 Å². The maximum atomic E-state index is 6.84. The van der Waals surface area contributed by atoms with Gasteiger partial charge < -0.3 is 8.83 Å². The van der Waals surface area contributed by atoms with Gasteiger partial charge in [0, 0.05) is 21.5 Å². The highest BCUT2D eigenvalue weighted by atomic mass is 16.3. The molecule has 13 rings (SSSR count). The van der Waals surface area contributed by atoms with Crippen molar-refractivity contribution in [1.29, 1.82) is 0 Å². The number of hydrogen-bond acceptors (Lipinski definition) is 2. The third-order valence-corrected chi connectivity index (χ3v) is 12.2. The van der Waals surface area contributed by atoms with E-state index in [9.17, 15) is 0 Å². The molecule has 0 radical (unpaired) electrons. The molecule has 0 aliphatic carbocycles. The molecule has 0 atom stereocenters. The lowest BCUT2D eigenvalue weighted by atomic mass is 9.85. The van der Waals surface area contributed by atoms with Gasteiger partial charge in [-0.25, -0.2) is 0 Å². The number of fused-ring (bicyclic) bond motifs is 8. The number of para-hydroxylation sites is 1. The summed E-state index contributed by atoms with van der Waals surface area (Å²) in [5, 5.41) is 16.9. The highest BCUT2D eigenvalue weighted by Crippen LogP contribution is 2.48. The average Bonchev–Trinajstić information content (AvgIpc) is 3.82. The SMILES string of the molecule is c1ccc2cc3c(cc2c1)oc1cc(-c2cccc4ccccc24)cc(-c2ccc4ccc5c(-c6cccc7oc8ccccc8c67)ccc6ccc2c4c65)c13. The predicted molar refractivity (Wildman–Crippen MR) is 236 cm³/mol. The summed E-state index contributed by atoms with van der Waals surface area (Å²) in [6, 6.07) is 66.2.